The van der Waals surface area contributed by atoms with Gasteiger partial charge < -0.3 is 15.4 Å². The number of para-hydroxylation sites is 1. The van der Waals surface area contributed by atoms with Crippen molar-refractivity contribution in [3.05, 3.63) is 48.2 Å². The Labute approximate surface area is 159 Å². The fourth-order valence-electron chi connectivity index (χ4n) is 3.36. The van der Waals surface area contributed by atoms with Crippen LogP contribution >= 0.6 is 12.4 Å². The van der Waals surface area contributed by atoms with E-state index in [0.717, 1.165) is 66.3 Å². The van der Waals surface area contributed by atoms with Crippen LogP contribution in [0.2, 0.25) is 0 Å². The van der Waals surface area contributed by atoms with Crippen molar-refractivity contribution in [2.45, 2.75) is 13.3 Å². The Balaban J connectivity index is 0.00000196. The third kappa shape index (κ3) is 3.45. The number of hydrogen-bond donors (Lipinski definition) is 1. The Morgan fingerprint density at radius 2 is 1.81 bits per heavy atom. The van der Waals surface area contributed by atoms with Crippen LogP contribution in [-0.2, 0) is 11.2 Å². The Morgan fingerprint density at radius 1 is 1.00 bits per heavy atom. The van der Waals surface area contributed by atoms with Crippen molar-refractivity contribution in [1.82, 2.24) is 9.97 Å². The fourth-order valence-corrected chi connectivity index (χ4v) is 3.36. The average Bonchev–Trinajstić information content (AvgIpc) is 2.68. The van der Waals surface area contributed by atoms with E-state index in [9.17, 15) is 0 Å². The Morgan fingerprint density at radius 3 is 2.58 bits per heavy atom. The van der Waals surface area contributed by atoms with Crippen molar-refractivity contribution < 1.29 is 4.74 Å². The highest BCUT2D eigenvalue weighted by Gasteiger charge is 2.15. The van der Waals surface area contributed by atoms with Gasteiger partial charge in [0.25, 0.3) is 0 Å². The number of anilines is 2. The molecule has 0 bridgehead atoms. The van der Waals surface area contributed by atoms with Crippen LogP contribution in [0.3, 0.4) is 0 Å². The maximum absolute atomic E-state index is 5.87. The average molecular weight is 371 g/mol. The standard InChI is InChI=1S/C20H22N4O.ClH/c1-2-17-15(7-8-18(21)22-17)16-5-3-4-14-6-9-19(23-20(14)16)24-10-12-25-13-11-24;/h3-9H,2,10-13H2,1H3,(H2,21,22);1H. The third-order valence-corrected chi connectivity index (χ3v) is 4.66. The summed E-state index contributed by atoms with van der Waals surface area (Å²) < 4.78 is 5.45. The molecule has 26 heavy (non-hydrogen) atoms. The molecule has 136 valence electrons. The van der Waals surface area contributed by atoms with Crippen LogP contribution in [-0.4, -0.2) is 36.3 Å². The van der Waals surface area contributed by atoms with Gasteiger partial charge >= 0.3 is 0 Å². The van der Waals surface area contributed by atoms with Gasteiger partial charge in [-0.05, 0) is 30.7 Å². The van der Waals surface area contributed by atoms with Gasteiger partial charge in [0.1, 0.15) is 11.6 Å². The molecule has 1 aliphatic rings. The summed E-state index contributed by atoms with van der Waals surface area (Å²) in [5.74, 6) is 1.56. The Bertz CT molecular complexity index is 909. The normalized spacial score (nSPS) is 14.3. The summed E-state index contributed by atoms with van der Waals surface area (Å²) in [6.45, 7) is 5.37. The predicted molar refractivity (Wildman–Crippen MR) is 109 cm³/mol. The minimum Gasteiger partial charge on any atom is -0.384 e. The number of aryl methyl sites for hydroxylation is 1. The van der Waals surface area contributed by atoms with Crippen LogP contribution < -0.4 is 10.6 Å². The molecule has 1 aromatic carbocycles. The van der Waals surface area contributed by atoms with Gasteiger partial charge in [-0.15, -0.1) is 12.4 Å². The summed E-state index contributed by atoms with van der Waals surface area (Å²) in [7, 11) is 0. The number of halogens is 1. The summed E-state index contributed by atoms with van der Waals surface area (Å²) in [5.41, 5.74) is 10.1. The first-order chi connectivity index (χ1) is 12.3. The lowest BCUT2D eigenvalue weighted by Crippen LogP contribution is -2.36. The van der Waals surface area contributed by atoms with Gasteiger partial charge in [-0.25, -0.2) is 9.97 Å². The smallest absolute Gasteiger partial charge is 0.129 e. The van der Waals surface area contributed by atoms with E-state index < -0.39 is 0 Å². The molecule has 0 unspecified atom stereocenters. The monoisotopic (exact) mass is 370 g/mol. The maximum Gasteiger partial charge on any atom is 0.129 e. The van der Waals surface area contributed by atoms with Gasteiger partial charge in [-0.1, -0.05) is 25.1 Å². The second kappa shape index (κ2) is 7.89. The first-order valence-corrected chi connectivity index (χ1v) is 8.74. The van der Waals surface area contributed by atoms with Crippen LogP contribution in [0.4, 0.5) is 11.6 Å². The molecule has 0 amide bonds. The number of aromatic nitrogens is 2. The number of morpholine rings is 1. The molecule has 0 radical (unpaired) electrons. The molecule has 1 fully saturated rings. The highest BCUT2D eigenvalue weighted by Crippen LogP contribution is 2.31. The van der Waals surface area contributed by atoms with E-state index in [0.29, 0.717) is 5.82 Å². The summed E-state index contributed by atoms with van der Waals surface area (Å²) in [5, 5.41) is 1.13. The molecule has 4 rings (SSSR count). The van der Waals surface area contributed by atoms with Crippen molar-refractivity contribution in [1.29, 1.82) is 0 Å². The van der Waals surface area contributed by atoms with Gasteiger partial charge in [-0.3, -0.25) is 0 Å². The number of hydrogen-bond acceptors (Lipinski definition) is 5. The Kier molecular flexibility index (Phi) is 5.59. The van der Waals surface area contributed by atoms with Crippen LogP contribution in [0, 0.1) is 0 Å². The third-order valence-electron chi connectivity index (χ3n) is 4.66. The lowest BCUT2D eigenvalue weighted by molar-refractivity contribution is 0.122. The molecule has 6 heteroatoms. The SMILES string of the molecule is CCc1nc(N)ccc1-c1cccc2ccc(N3CCOCC3)nc12.Cl. The fraction of sp³-hybridized carbons (Fsp3) is 0.300. The predicted octanol–water partition coefficient (Wildman–Crippen LogP) is 3.70. The topological polar surface area (TPSA) is 64.3 Å². The molecule has 0 saturated carbocycles. The molecule has 5 nitrogen and oxygen atoms in total. The highest BCUT2D eigenvalue weighted by molar-refractivity contribution is 5.95. The van der Waals surface area contributed by atoms with Crippen molar-refractivity contribution in [2.75, 3.05) is 36.9 Å². The lowest BCUT2D eigenvalue weighted by Gasteiger charge is -2.28. The van der Waals surface area contributed by atoms with E-state index in [2.05, 4.69) is 53.2 Å². The number of nitrogen functional groups attached to an aromatic ring is 1. The van der Waals surface area contributed by atoms with E-state index in [-0.39, 0.29) is 12.4 Å². The second-order valence-corrected chi connectivity index (χ2v) is 6.23. The van der Waals surface area contributed by atoms with Gasteiger partial charge in [0, 0.05) is 29.6 Å². The van der Waals surface area contributed by atoms with Gasteiger partial charge in [0.2, 0.25) is 0 Å². The maximum atomic E-state index is 5.87. The summed E-state index contributed by atoms with van der Waals surface area (Å²) in [6, 6.07) is 14.4. The number of fused-ring (bicyclic) bond motifs is 1. The zero-order chi connectivity index (χ0) is 17.2. The molecule has 2 aromatic heterocycles. The largest absolute Gasteiger partial charge is 0.384 e. The first kappa shape index (κ1) is 18.4. The number of benzene rings is 1. The molecule has 0 spiro atoms. The molecule has 1 aliphatic heterocycles. The van der Waals surface area contributed by atoms with E-state index in [1.54, 1.807) is 0 Å². The molecule has 0 atom stereocenters. The summed E-state index contributed by atoms with van der Waals surface area (Å²) >= 11 is 0. The molecule has 3 heterocycles. The van der Waals surface area contributed by atoms with Crippen molar-refractivity contribution in [3.63, 3.8) is 0 Å². The van der Waals surface area contributed by atoms with Gasteiger partial charge in [0.15, 0.2) is 0 Å². The number of nitrogens with two attached hydrogens (primary N) is 1. The van der Waals surface area contributed by atoms with E-state index in [1.165, 1.54) is 0 Å². The summed E-state index contributed by atoms with van der Waals surface area (Å²) in [6.07, 6.45) is 0.833. The summed E-state index contributed by atoms with van der Waals surface area (Å²) in [4.78, 5) is 11.8. The van der Waals surface area contributed by atoms with E-state index in [4.69, 9.17) is 15.5 Å². The van der Waals surface area contributed by atoms with Crippen LogP contribution in [0.1, 0.15) is 12.6 Å². The minimum absolute atomic E-state index is 0. The van der Waals surface area contributed by atoms with Crippen LogP contribution in [0.25, 0.3) is 22.0 Å². The number of rotatable bonds is 3. The zero-order valence-corrected chi connectivity index (χ0v) is 15.6. The van der Waals surface area contributed by atoms with Crippen LogP contribution in [0.15, 0.2) is 42.5 Å². The molecular weight excluding hydrogens is 348 g/mol. The lowest BCUT2D eigenvalue weighted by atomic mass is 9.99. The van der Waals surface area contributed by atoms with Crippen LogP contribution in [0.5, 0.6) is 0 Å². The number of nitrogens with zero attached hydrogens (tertiary/aromatic N) is 3. The van der Waals surface area contributed by atoms with E-state index >= 15 is 0 Å². The molecule has 3 aromatic rings. The quantitative estimate of drug-likeness (QED) is 0.761. The molecule has 2 N–H and O–H groups in total. The molecule has 1 saturated heterocycles. The number of ether oxygens (including phenoxy) is 1. The highest BCUT2D eigenvalue weighted by atomic mass is 35.5. The van der Waals surface area contributed by atoms with Gasteiger partial charge in [-0.2, -0.15) is 0 Å². The van der Waals surface area contributed by atoms with Crippen molar-refractivity contribution >= 4 is 34.9 Å². The molecular formula is C20H23ClN4O. The second-order valence-electron chi connectivity index (χ2n) is 6.23. The molecule has 0 aliphatic carbocycles. The van der Waals surface area contributed by atoms with Crippen molar-refractivity contribution in [3.8, 4) is 11.1 Å². The van der Waals surface area contributed by atoms with E-state index in [1.807, 2.05) is 6.07 Å². The van der Waals surface area contributed by atoms with Gasteiger partial charge in [0.05, 0.1) is 24.4 Å². The van der Waals surface area contributed by atoms with Crippen molar-refractivity contribution in [2.24, 2.45) is 0 Å². The minimum atomic E-state index is 0. The first-order valence-electron chi connectivity index (χ1n) is 8.74. The number of pyridine rings is 2. The Hall–Kier alpha value is -2.37. The zero-order valence-electron chi connectivity index (χ0n) is 14.8.